The van der Waals surface area contributed by atoms with E-state index in [4.69, 9.17) is 5.73 Å². The Bertz CT molecular complexity index is 420. The topological polar surface area (TPSA) is 43.8 Å². The first-order valence-corrected chi connectivity index (χ1v) is 6.72. The predicted octanol–water partition coefficient (Wildman–Crippen LogP) is 2.58. The van der Waals surface area contributed by atoms with Crippen molar-refractivity contribution in [1.29, 1.82) is 0 Å². The lowest BCUT2D eigenvalue weighted by Crippen LogP contribution is -2.43. The molecule has 0 aromatic carbocycles. The van der Waals surface area contributed by atoms with Crippen molar-refractivity contribution in [3.8, 4) is 0 Å². The van der Waals surface area contributed by atoms with Gasteiger partial charge in [0.15, 0.2) is 0 Å². The number of rotatable bonds is 1. The van der Waals surface area contributed by atoms with Gasteiger partial charge in [-0.1, -0.05) is 0 Å². The van der Waals surface area contributed by atoms with Gasteiger partial charge < -0.3 is 10.3 Å². The van der Waals surface area contributed by atoms with Crippen LogP contribution in [0.15, 0.2) is 6.20 Å². The highest BCUT2D eigenvalue weighted by molar-refractivity contribution is 5.17. The number of halogens is 2. The summed E-state index contributed by atoms with van der Waals surface area (Å²) in [6, 6.07) is 0. The van der Waals surface area contributed by atoms with Crippen molar-refractivity contribution in [1.82, 2.24) is 9.55 Å². The molecule has 1 fully saturated rings. The molecule has 1 aliphatic heterocycles. The first kappa shape index (κ1) is 12.1. The second-order valence-electron chi connectivity index (χ2n) is 5.70. The van der Waals surface area contributed by atoms with Crippen LogP contribution in [0.25, 0.3) is 0 Å². The smallest absolute Gasteiger partial charge is 0.248 e. The van der Waals surface area contributed by atoms with Gasteiger partial charge in [-0.25, -0.2) is 13.8 Å². The zero-order chi connectivity index (χ0) is 12.8. The summed E-state index contributed by atoms with van der Waals surface area (Å²) in [7, 11) is 0. The Morgan fingerprint density at radius 3 is 2.56 bits per heavy atom. The van der Waals surface area contributed by atoms with Gasteiger partial charge >= 0.3 is 0 Å². The Balaban J connectivity index is 1.84. The molecule has 2 aliphatic rings. The highest BCUT2D eigenvalue weighted by Gasteiger charge is 2.43. The van der Waals surface area contributed by atoms with Crippen LogP contribution in [-0.2, 0) is 18.5 Å². The van der Waals surface area contributed by atoms with E-state index in [1.54, 1.807) is 0 Å². The Morgan fingerprint density at radius 1 is 1.17 bits per heavy atom. The second-order valence-corrected chi connectivity index (χ2v) is 5.70. The Labute approximate surface area is 105 Å². The average molecular weight is 255 g/mol. The summed E-state index contributed by atoms with van der Waals surface area (Å²) >= 11 is 0. The van der Waals surface area contributed by atoms with Gasteiger partial charge in [0.2, 0.25) is 5.92 Å². The summed E-state index contributed by atoms with van der Waals surface area (Å²) in [4.78, 5) is 4.59. The van der Waals surface area contributed by atoms with Gasteiger partial charge in [0.25, 0.3) is 0 Å². The van der Waals surface area contributed by atoms with Gasteiger partial charge in [0, 0.05) is 32.0 Å². The molecule has 100 valence electrons. The van der Waals surface area contributed by atoms with E-state index in [1.807, 2.05) is 6.20 Å². The summed E-state index contributed by atoms with van der Waals surface area (Å²) in [6.07, 6.45) is 5.71. The molecule has 1 saturated carbocycles. The minimum absolute atomic E-state index is 0.119. The van der Waals surface area contributed by atoms with Gasteiger partial charge in [-0.05, 0) is 25.7 Å². The molecule has 0 atom stereocenters. The lowest BCUT2D eigenvalue weighted by atomic mass is 9.79. The van der Waals surface area contributed by atoms with Crippen LogP contribution in [0.1, 0.15) is 50.0 Å². The molecule has 0 unspecified atom stereocenters. The van der Waals surface area contributed by atoms with Crippen LogP contribution in [0, 0.1) is 0 Å². The van der Waals surface area contributed by atoms with E-state index >= 15 is 0 Å². The van der Waals surface area contributed by atoms with Crippen LogP contribution in [0.2, 0.25) is 0 Å². The molecule has 0 radical (unpaired) electrons. The molecule has 18 heavy (non-hydrogen) atoms. The predicted molar refractivity (Wildman–Crippen MR) is 64.4 cm³/mol. The zero-order valence-corrected chi connectivity index (χ0v) is 10.5. The van der Waals surface area contributed by atoms with Gasteiger partial charge in [0.1, 0.15) is 5.82 Å². The van der Waals surface area contributed by atoms with E-state index in [0.29, 0.717) is 12.8 Å². The van der Waals surface area contributed by atoms with Crippen molar-refractivity contribution < 1.29 is 8.78 Å². The minimum atomic E-state index is -2.54. The lowest BCUT2D eigenvalue weighted by Gasteiger charge is -2.35. The highest BCUT2D eigenvalue weighted by Crippen LogP contribution is 2.42. The third-order valence-electron chi connectivity index (χ3n) is 4.29. The Hall–Kier alpha value is -0.970. The number of hydrogen-bond acceptors (Lipinski definition) is 2. The number of imidazole rings is 1. The van der Waals surface area contributed by atoms with Gasteiger partial charge in [-0.3, -0.25) is 0 Å². The van der Waals surface area contributed by atoms with Crippen molar-refractivity contribution in [2.75, 3.05) is 0 Å². The maximum absolute atomic E-state index is 13.2. The van der Waals surface area contributed by atoms with Crippen LogP contribution in [-0.4, -0.2) is 15.5 Å². The molecule has 0 saturated heterocycles. The van der Waals surface area contributed by atoms with Crippen molar-refractivity contribution >= 4 is 0 Å². The quantitative estimate of drug-likeness (QED) is 0.838. The van der Waals surface area contributed by atoms with Gasteiger partial charge in [0.05, 0.1) is 11.2 Å². The fraction of sp³-hybridized carbons (Fsp3) is 0.769. The van der Waals surface area contributed by atoms with E-state index in [9.17, 15) is 8.78 Å². The van der Waals surface area contributed by atoms with E-state index in [0.717, 1.165) is 30.9 Å². The maximum atomic E-state index is 13.2. The summed E-state index contributed by atoms with van der Waals surface area (Å²) in [5.74, 6) is -1.47. The number of aryl methyl sites for hydroxylation is 2. The first-order valence-electron chi connectivity index (χ1n) is 6.72. The molecule has 2 heterocycles. The molecular formula is C13H19F2N3. The summed E-state index contributed by atoms with van der Waals surface area (Å²) in [6.45, 7) is 0.981. The molecule has 3 rings (SSSR count). The minimum Gasteiger partial charge on any atom is -0.335 e. The number of aromatic nitrogens is 2. The van der Waals surface area contributed by atoms with Crippen molar-refractivity contribution in [2.24, 2.45) is 5.73 Å². The number of nitrogens with two attached hydrogens (primary N) is 1. The summed E-state index contributed by atoms with van der Waals surface area (Å²) < 4.78 is 28.6. The van der Waals surface area contributed by atoms with E-state index < -0.39 is 11.5 Å². The average Bonchev–Trinajstić information content (AvgIpc) is 2.78. The largest absolute Gasteiger partial charge is 0.335 e. The normalized spacial score (nSPS) is 25.7. The first-order chi connectivity index (χ1) is 8.49. The molecule has 3 nitrogen and oxygen atoms in total. The van der Waals surface area contributed by atoms with Crippen molar-refractivity contribution in [2.45, 2.75) is 63.0 Å². The highest BCUT2D eigenvalue weighted by atomic mass is 19.3. The molecule has 2 N–H and O–H groups in total. The van der Waals surface area contributed by atoms with Crippen LogP contribution in [0.5, 0.6) is 0 Å². The van der Waals surface area contributed by atoms with E-state index in [1.165, 1.54) is 6.42 Å². The molecule has 5 heteroatoms. The van der Waals surface area contributed by atoms with E-state index in [2.05, 4.69) is 9.55 Å². The van der Waals surface area contributed by atoms with Gasteiger partial charge in [-0.2, -0.15) is 0 Å². The number of alkyl halides is 2. The van der Waals surface area contributed by atoms with Crippen molar-refractivity contribution in [3.05, 3.63) is 17.7 Å². The Morgan fingerprint density at radius 2 is 1.89 bits per heavy atom. The maximum Gasteiger partial charge on any atom is 0.248 e. The number of fused-ring (bicyclic) bond motifs is 1. The third-order valence-corrected chi connectivity index (χ3v) is 4.29. The lowest BCUT2D eigenvalue weighted by molar-refractivity contribution is -0.0518. The van der Waals surface area contributed by atoms with E-state index in [-0.39, 0.29) is 12.8 Å². The van der Waals surface area contributed by atoms with Crippen LogP contribution >= 0.6 is 0 Å². The van der Waals surface area contributed by atoms with Crippen LogP contribution in [0.3, 0.4) is 0 Å². The fourth-order valence-electron chi connectivity index (χ4n) is 2.97. The molecular weight excluding hydrogens is 236 g/mol. The van der Waals surface area contributed by atoms with Gasteiger partial charge in [-0.15, -0.1) is 0 Å². The summed E-state index contributed by atoms with van der Waals surface area (Å²) in [5.41, 5.74) is 6.47. The monoisotopic (exact) mass is 255 g/mol. The molecule has 1 aliphatic carbocycles. The third kappa shape index (κ3) is 2.05. The second kappa shape index (κ2) is 4.02. The van der Waals surface area contributed by atoms with Crippen molar-refractivity contribution in [3.63, 3.8) is 0 Å². The zero-order valence-electron chi connectivity index (χ0n) is 10.5. The standard InChI is InChI=1S/C13H19F2N3/c14-13(15)6-4-12(16,5-7-13)10-9-18-8-2-1-3-11(18)17-10/h9H,1-8,16H2. The van der Waals surface area contributed by atoms with Crippen LogP contribution in [0.4, 0.5) is 8.78 Å². The van der Waals surface area contributed by atoms with Crippen LogP contribution < -0.4 is 5.73 Å². The Kier molecular flexibility index (Phi) is 2.70. The fourth-order valence-corrected chi connectivity index (χ4v) is 2.97. The summed E-state index contributed by atoms with van der Waals surface area (Å²) in [5, 5.41) is 0. The molecule has 1 aromatic heterocycles. The molecule has 0 amide bonds. The number of hydrogen-bond donors (Lipinski definition) is 1. The molecule has 0 spiro atoms. The SMILES string of the molecule is NC1(c2cn3c(n2)CCCC3)CCC(F)(F)CC1. The molecule has 0 bridgehead atoms. The number of nitrogens with zero attached hydrogens (tertiary/aromatic N) is 2. The molecule has 1 aromatic rings.